The monoisotopic (exact) mass is 560 g/mol. The zero-order valence-electron chi connectivity index (χ0n) is 21.5. The molecule has 1 aliphatic carbocycles. The van der Waals surface area contributed by atoms with Crippen molar-refractivity contribution in [2.75, 3.05) is 37.7 Å². The molecule has 2 N–H and O–H groups in total. The highest BCUT2D eigenvalue weighted by Crippen LogP contribution is 2.55. The van der Waals surface area contributed by atoms with Crippen LogP contribution in [0.1, 0.15) is 47.2 Å². The quantitative estimate of drug-likeness (QED) is 0.522. The molecule has 1 amide bonds. The van der Waals surface area contributed by atoms with Gasteiger partial charge in [-0.3, -0.25) is 4.90 Å². The molecule has 208 valence electrons. The van der Waals surface area contributed by atoms with E-state index in [9.17, 15) is 32.6 Å². The van der Waals surface area contributed by atoms with E-state index in [-0.39, 0.29) is 27.5 Å². The highest BCUT2D eigenvalue weighted by atomic mass is 32.2. The summed E-state index contributed by atoms with van der Waals surface area (Å²) in [6.07, 6.45) is 3.15. The van der Waals surface area contributed by atoms with Gasteiger partial charge in [0.1, 0.15) is 17.1 Å². The number of carboxylic acid groups (broad SMARTS) is 1. The standard InChI is InChI=1S/C27H29FN2O8S/c1-27(34)9-11-29(15-27)10-3-4-16-12-18(28)5-8-22(16)39(35,36)30(26(33)37-2)21-7-6-19-20-13-17(20)14-38-24(19)23(21)25(31)32/h3-8,12,17,20,34H,9-11,13-15H2,1-2H3,(H,31,32)/t17-,20-,27?/m0/s1. The van der Waals surface area contributed by atoms with Gasteiger partial charge in [0, 0.05) is 25.6 Å². The van der Waals surface area contributed by atoms with Crippen molar-refractivity contribution < 1.29 is 42.1 Å². The van der Waals surface area contributed by atoms with Gasteiger partial charge in [-0.25, -0.2) is 22.4 Å². The lowest BCUT2D eigenvalue weighted by molar-refractivity contribution is 0.0688. The average Bonchev–Trinajstić information content (AvgIpc) is 3.59. The number of anilines is 1. The van der Waals surface area contributed by atoms with E-state index < -0.39 is 49.7 Å². The lowest BCUT2D eigenvalue weighted by Gasteiger charge is -2.26. The summed E-state index contributed by atoms with van der Waals surface area (Å²) in [5.74, 6) is -1.73. The molecule has 1 saturated heterocycles. The van der Waals surface area contributed by atoms with Crippen molar-refractivity contribution in [2.24, 2.45) is 5.92 Å². The van der Waals surface area contributed by atoms with Crippen LogP contribution in [-0.4, -0.2) is 74.5 Å². The third kappa shape index (κ3) is 5.11. The predicted molar refractivity (Wildman–Crippen MR) is 139 cm³/mol. The van der Waals surface area contributed by atoms with Crippen LogP contribution in [0.15, 0.2) is 41.3 Å². The fourth-order valence-corrected chi connectivity index (χ4v) is 6.87. The van der Waals surface area contributed by atoms with E-state index in [1.54, 1.807) is 19.1 Å². The molecule has 5 rings (SSSR count). The lowest BCUT2D eigenvalue weighted by Crippen LogP contribution is -2.38. The minimum Gasteiger partial charge on any atom is -0.492 e. The highest BCUT2D eigenvalue weighted by molar-refractivity contribution is 7.93. The summed E-state index contributed by atoms with van der Waals surface area (Å²) < 4.78 is 53.0. The van der Waals surface area contributed by atoms with E-state index in [2.05, 4.69) is 0 Å². The number of aliphatic hydroxyl groups is 1. The molecule has 10 nitrogen and oxygen atoms in total. The molecule has 12 heteroatoms. The van der Waals surface area contributed by atoms with Gasteiger partial charge in [0.25, 0.3) is 10.0 Å². The number of carbonyl (C=O) groups excluding carboxylic acids is 1. The fourth-order valence-electron chi connectivity index (χ4n) is 5.33. The van der Waals surface area contributed by atoms with Crippen LogP contribution in [0.3, 0.4) is 0 Å². The molecule has 0 aromatic heterocycles. The maximum Gasteiger partial charge on any atom is 0.428 e. The summed E-state index contributed by atoms with van der Waals surface area (Å²) in [6.45, 7) is 3.48. The van der Waals surface area contributed by atoms with E-state index >= 15 is 0 Å². The van der Waals surface area contributed by atoms with Gasteiger partial charge < -0.3 is 19.7 Å². The first-order valence-corrected chi connectivity index (χ1v) is 13.9. The molecule has 0 spiro atoms. The van der Waals surface area contributed by atoms with E-state index in [0.717, 1.165) is 31.7 Å². The minimum absolute atomic E-state index is 0.0311. The van der Waals surface area contributed by atoms with Gasteiger partial charge in [-0.05, 0) is 61.1 Å². The Hall–Kier alpha value is -3.48. The third-order valence-corrected chi connectivity index (χ3v) is 9.14. The Morgan fingerprint density at radius 2 is 2.08 bits per heavy atom. The Morgan fingerprint density at radius 1 is 1.31 bits per heavy atom. The van der Waals surface area contributed by atoms with E-state index in [0.29, 0.717) is 38.2 Å². The summed E-state index contributed by atoms with van der Waals surface area (Å²) in [5.41, 5.74) is -1.11. The van der Waals surface area contributed by atoms with Gasteiger partial charge in [0.05, 0.1) is 29.9 Å². The molecule has 2 heterocycles. The molecule has 1 unspecified atom stereocenters. The van der Waals surface area contributed by atoms with Crippen molar-refractivity contribution in [3.05, 3.63) is 58.9 Å². The largest absolute Gasteiger partial charge is 0.492 e. The van der Waals surface area contributed by atoms with Crippen LogP contribution in [-0.2, 0) is 14.8 Å². The SMILES string of the molecule is COC(=O)N(c1ccc2c(c1C(=O)O)OC[C@@H]1C[C@H]21)S(=O)(=O)c1ccc(F)cc1C=CCN1CCC(C)(O)C1. The number of hydrogen-bond acceptors (Lipinski definition) is 8. The summed E-state index contributed by atoms with van der Waals surface area (Å²) in [7, 11) is -3.82. The summed E-state index contributed by atoms with van der Waals surface area (Å²) in [5, 5.41) is 20.2. The number of rotatable bonds is 7. The smallest absolute Gasteiger partial charge is 0.428 e. The molecule has 39 heavy (non-hydrogen) atoms. The average molecular weight is 561 g/mol. The Morgan fingerprint density at radius 3 is 2.74 bits per heavy atom. The molecule has 2 aromatic rings. The van der Waals surface area contributed by atoms with Crippen molar-refractivity contribution in [2.45, 2.75) is 36.2 Å². The first-order chi connectivity index (χ1) is 18.4. The van der Waals surface area contributed by atoms with Crippen molar-refractivity contribution in [1.82, 2.24) is 4.90 Å². The number of halogens is 1. The first-order valence-electron chi connectivity index (χ1n) is 12.5. The van der Waals surface area contributed by atoms with Crippen molar-refractivity contribution in [3.63, 3.8) is 0 Å². The van der Waals surface area contributed by atoms with Gasteiger partial charge in [0.2, 0.25) is 0 Å². The molecule has 2 aliphatic heterocycles. The number of nitrogens with zero attached hydrogens (tertiary/aromatic N) is 2. The number of carbonyl (C=O) groups is 2. The minimum atomic E-state index is -4.80. The number of fused-ring (bicyclic) bond motifs is 3. The molecule has 2 fully saturated rings. The van der Waals surface area contributed by atoms with Crippen molar-refractivity contribution in [3.8, 4) is 5.75 Å². The first kappa shape index (κ1) is 27.1. The number of likely N-dealkylation sites (tertiary alicyclic amines) is 1. The predicted octanol–water partition coefficient (Wildman–Crippen LogP) is 3.45. The Bertz CT molecular complexity index is 1470. The number of ether oxygens (including phenoxy) is 2. The highest BCUT2D eigenvalue weighted by Gasteiger charge is 2.47. The molecule has 2 aromatic carbocycles. The molecule has 3 atom stereocenters. The summed E-state index contributed by atoms with van der Waals surface area (Å²) in [6, 6.07) is 5.81. The number of amides is 1. The second-order valence-corrected chi connectivity index (χ2v) is 12.2. The number of methoxy groups -OCH3 is 1. The molecule has 1 saturated carbocycles. The van der Waals surface area contributed by atoms with Crippen LogP contribution in [0, 0.1) is 11.7 Å². The van der Waals surface area contributed by atoms with Crippen molar-refractivity contribution >= 4 is 33.8 Å². The van der Waals surface area contributed by atoms with Crippen LogP contribution >= 0.6 is 0 Å². The van der Waals surface area contributed by atoms with Crippen LogP contribution in [0.4, 0.5) is 14.9 Å². The van der Waals surface area contributed by atoms with E-state index in [1.807, 2.05) is 4.90 Å². The van der Waals surface area contributed by atoms with Gasteiger partial charge >= 0.3 is 12.1 Å². The van der Waals surface area contributed by atoms with Crippen LogP contribution < -0.4 is 9.04 Å². The zero-order chi connectivity index (χ0) is 28.1. The third-order valence-electron chi connectivity index (χ3n) is 7.39. The van der Waals surface area contributed by atoms with Crippen molar-refractivity contribution in [1.29, 1.82) is 0 Å². The number of aromatic carboxylic acids is 1. The van der Waals surface area contributed by atoms with E-state index in [1.165, 1.54) is 12.1 Å². The van der Waals surface area contributed by atoms with Gasteiger partial charge in [-0.15, -0.1) is 0 Å². The number of hydrogen-bond donors (Lipinski definition) is 2. The Balaban J connectivity index is 1.56. The summed E-state index contributed by atoms with van der Waals surface area (Å²) in [4.78, 5) is 26.9. The molecule has 0 bridgehead atoms. The second-order valence-electron chi connectivity index (χ2n) is 10.4. The normalized spacial score (nSPS) is 24.1. The van der Waals surface area contributed by atoms with Crippen LogP contribution in [0.25, 0.3) is 6.08 Å². The number of carboxylic acids is 1. The van der Waals surface area contributed by atoms with Gasteiger partial charge in [-0.2, -0.15) is 4.31 Å². The number of sulfonamides is 1. The fraction of sp³-hybridized carbons (Fsp3) is 0.407. The molecule has 3 aliphatic rings. The Kier molecular flexibility index (Phi) is 6.90. The van der Waals surface area contributed by atoms with E-state index in [4.69, 9.17) is 9.47 Å². The maximum atomic E-state index is 14.2. The number of β-amino-alcohol motifs (C(OH)–C–C–N with tert-alkyl or cyclic N) is 1. The molecular formula is C27H29FN2O8S. The maximum absolute atomic E-state index is 14.2. The topological polar surface area (TPSA) is 134 Å². The molecule has 0 radical (unpaired) electrons. The van der Waals surface area contributed by atoms with Crippen LogP contribution in [0.2, 0.25) is 0 Å². The molecular weight excluding hydrogens is 531 g/mol. The lowest BCUT2D eigenvalue weighted by atomic mass is 10.00. The number of benzene rings is 2. The second kappa shape index (κ2) is 9.92. The zero-order valence-corrected chi connectivity index (χ0v) is 22.3. The van der Waals surface area contributed by atoms with Gasteiger partial charge in [0.15, 0.2) is 0 Å². The van der Waals surface area contributed by atoms with Gasteiger partial charge in [-0.1, -0.05) is 18.2 Å². The van der Waals surface area contributed by atoms with Crippen LogP contribution in [0.5, 0.6) is 5.75 Å². The Labute approximate surface area is 225 Å². The summed E-state index contributed by atoms with van der Waals surface area (Å²) >= 11 is 0.